The van der Waals surface area contributed by atoms with Gasteiger partial charge in [-0.1, -0.05) is 58.4 Å². The van der Waals surface area contributed by atoms with Gasteiger partial charge in [-0.2, -0.15) is 0 Å². The fourth-order valence-electron chi connectivity index (χ4n) is 6.54. The molecule has 2 aliphatic carbocycles. The third kappa shape index (κ3) is 6.13. The largest absolute Gasteiger partial charge is 0.484 e. The molecule has 7 heteroatoms. The second kappa shape index (κ2) is 11.1. The molecule has 0 saturated carbocycles. The fraction of sp³-hybridized carbons (Fsp3) is 0.441. The average molecular weight is 575 g/mol. The highest BCUT2D eigenvalue weighted by atomic mass is 35.5. The van der Waals surface area contributed by atoms with Gasteiger partial charge in [-0.05, 0) is 72.1 Å². The van der Waals surface area contributed by atoms with Crippen LogP contribution in [0.3, 0.4) is 0 Å². The van der Waals surface area contributed by atoms with Crippen molar-refractivity contribution in [1.82, 2.24) is 4.90 Å². The fourth-order valence-corrected chi connectivity index (χ4v) is 6.66. The first-order valence-electron chi connectivity index (χ1n) is 14.5. The van der Waals surface area contributed by atoms with Crippen molar-refractivity contribution in [2.75, 3.05) is 18.5 Å². The summed E-state index contributed by atoms with van der Waals surface area (Å²) in [6.07, 6.45) is 3.40. The number of carbonyl (C=O) groups excluding carboxylic acids is 3. The molecule has 216 valence electrons. The molecule has 1 amide bonds. The SMILES string of the molecule is CCCN1C2=C(C(=O)CC(C)(C)C2)C(c2cccc(OCC(=O)Nc3ccc(Cl)cc3)c2)C2=C1CC(C)(C)CC2=O. The summed E-state index contributed by atoms with van der Waals surface area (Å²) in [5.74, 6) is 0.00309. The molecule has 0 bridgehead atoms. The maximum absolute atomic E-state index is 13.9. The van der Waals surface area contributed by atoms with Crippen LogP contribution in [0.1, 0.15) is 78.2 Å². The van der Waals surface area contributed by atoms with Crippen LogP contribution in [-0.2, 0) is 14.4 Å². The molecule has 0 unspecified atom stereocenters. The van der Waals surface area contributed by atoms with Crippen molar-refractivity contribution in [3.63, 3.8) is 0 Å². The number of halogens is 1. The Bertz CT molecular complexity index is 1400. The lowest BCUT2D eigenvalue weighted by atomic mass is 9.63. The topological polar surface area (TPSA) is 75.7 Å². The minimum absolute atomic E-state index is 0.111. The summed E-state index contributed by atoms with van der Waals surface area (Å²) in [6.45, 7) is 11.3. The normalized spacial score (nSPS) is 20.1. The number of ketones is 2. The van der Waals surface area contributed by atoms with Crippen molar-refractivity contribution in [3.05, 3.63) is 81.7 Å². The van der Waals surface area contributed by atoms with Crippen molar-refractivity contribution in [2.45, 2.75) is 72.6 Å². The third-order valence-electron chi connectivity index (χ3n) is 8.16. The summed E-state index contributed by atoms with van der Waals surface area (Å²) in [6, 6.07) is 14.4. The number of Topliss-reactive ketones (excluding diaryl/α,β-unsaturated/α-hetero) is 2. The van der Waals surface area contributed by atoms with E-state index in [0.29, 0.717) is 29.3 Å². The van der Waals surface area contributed by atoms with Crippen LogP contribution in [0.4, 0.5) is 5.69 Å². The number of anilines is 1. The van der Waals surface area contributed by atoms with E-state index in [2.05, 4.69) is 44.8 Å². The lowest BCUT2D eigenvalue weighted by molar-refractivity contribution is -0.120. The number of rotatable bonds is 7. The van der Waals surface area contributed by atoms with Gasteiger partial charge >= 0.3 is 0 Å². The minimum Gasteiger partial charge on any atom is -0.484 e. The molecule has 2 aromatic rings. The number of hydrogen-bond acceptors (Lipinski definition) is 5. The maximum Gasteiger partial charge on any atom is 0.262 e. The zero-order valence-corrected chi connectivity index (χ0v) is 25.4. The minimum atomic E-state index is -0.438. The standard InChI is InChI=1S/C34H39ClN2O4/c1-6-14-37-25-16-33(2,3)18-27(38)31(25)30(32-26(37)17-34(4,5)19-28(32)39)21-8-7-9-24(15-21)41-20-29(40)36-23-12-10-22(35)11-13-23/h7-13,15,30H,6,14,16-20H2,1-5H3,(H,36,40). The Balaban J connectivity index is 1.51. The molecule has 0 atom stereocenters. The van der Waals surface area contributed by atoms with E-state index in [4.69, 9.17) is 16.3 Å². The van der Waals surface area contributed by atoms with Gasteiger partial charge in [-0.25, -0.2) is 0 Å². The van der Waals surface area contributed by atoms with E-state index < -0.39 is 5.92 Å². The number of hydrogen-bond donors (Lipinski definition) is 1. The van der Waals surface area contributed by atoms with Gasteiger partial charge in [0.2, 0.25) is 0 Å². The van der Waals surface area contributed by atoms with Crippen LogP contribution in [-0.4, -0.2) is 35.5 Å². The van der Waals surface area contributed by atoms with E-state index in [1.54, 1.807) is 30.3 Å². The van der Waals surface area contributed by atoms with Crippen molar-refractivity contribution in [1.29, 1.82) is 0 Å². The zero-order chi connectivity index (χ0) is 29.5. The second-order valence-corrected chi connectivity index (χ2v) is 13.5. The van der Waals surface area contributed by atoms with E-state index in [-0.39, 0.29) is 34.9 Å². The highest BCUT2D eigenvalue weighted by Crippen LogP contribution is 2.54. The summed E-state index contributed by atoms with van der Waals surface area (Å²) < 4.78 is 5.90. The maximum atomic E-state index is 13.9. The molecule has 0 spiro atoms. The molecule has 1 heterocycles. The number of carbonyl (C=O) groups is 3. The zero-order valence-electron chi connectivity index (χ0n) is 24.6. The Morgan fingerprint density at radius 1 is 0.927 bits per heavy atom. The van der Waals surface area contributed by atoms with Crippen LogP contribution in [0.5, 0.6) is 5.75 Å². The molecule has 41 heavy (non-hydrogen) atoms. The lowest BCUT2D eigenvalue weighted by Gasteiger charge is -2.49. The van der Waals surface area contributed by atoms with Gasteiger partial charge < -0.3 is 15.0 Å². The Morgan fingerprint density at radius 2 is 1.51 bits per heavy atom. The highest BCUT2D eigenvalue weighted by molar-refractivity contribution is 6.30. The second-order valence-electron chi connectivity index (χ2n) is 13.1. The van der Waals surface area contributed by atoms with Crippen LogP contribution >= 0.6 is 11.6 Å². The summed E-state index contributed by atoms with van der Waals surface area (Å²) in [7, 11) is 0. The first-order valence-corrected chi connectivity index (χ1v) is 14.8. The number of allylic oxidation sites excluding steroid dienone is 4. The molecular formula is C34H39ClN2O4. The Hall–Kier alpha value is -3.38. The Kier molecular flexibility index (Phi) is 7.90. The molecule has 0 aromatic heterocycles. The molecule has 3 aliphatic rings. The smallest absolute Gasteiger partial charge is 0.262 e. The Labute approximate surface area is 247 Å². The predicted octanol–water partition coefficient (Wildman–Crippen LogP) is 7.45. The van der Waals surface area contributed by atoms with E-state index in [1.165, 1.54) is 0 Å². The van der Waals surface area contributed by atoms with E-state index in [0.717, 1.165) is 53.9 Å². The molecule has 1 N–H and O–H groups in total. The van der Waals surface area contributed by atoms with Crippen molar-refractivity contribution in [3.8, 4) is 5.75 Å². The van der Waals surface area contributed by atoms with Gasteiger partial charge in [-0.15, -0.1) is 0 Å². The van der Waals surface area contributed by atoms with Gasteiger partial charge in [-0.3, -0.25) is 14.4 Å². The quantitative estimate of drug-likeness (QED) is 0.371. The van der Waals surface area contributed by atoms with E-state index in [9.17, 15) is 14.4 Å². The summed E-state index contributed by atoms with van der Waals surface area (Å²) in [5.41, 5.74) is 4.81. The molecular weight excluding hydrogens is 536 g/mol. The van der Waals surface area contributed by atoms with Gasteiger partial charge in [0.05, 0.1) is 0 Å². The number of benzene rings is 2. The van der Waals surface area contributed by atoms with Crippen molar-refractivity contribution >= 4 is 34.8 Å². The van der Waals surface area contributed by atoms with Gasteiger partial charge in [0.1, 0.15) is 5.75 Å². The van der Waals surface area contributed by atoms with Gasteiger partial charge in [0.15, 0.2) is 18.2 Å². The predicted molar refractivity (Wildman–Crippen MR) is 162 cm³/mol. The van der Waals surface area contributed by atoms with Crippen LogP contribution in [0, 0.1) is 10.8 Å². The van der Waals surface area contributed by atoms with Crippen LogP contribution in [0.15, 0.2) is 71.1 Å². The summed E-state index contributed by atoms with van der Waals surface area (Å²) in [4.78, 5) is 42.6. The monoisotopic (exact) mass is 574 g/mol. The first kappa shape index (κ1) is 29.1. The molecule has 2 aromatic carbocycles. The third-order valence-corrected chi connectivity index (χ3v) is 8.41. The van der Waals surface area contributed by atoms with E-state index >= 15 is 0 Å². The highest BCUT2D eigenvalue weighted by Gasteiger charge is 2.48. The Morgan fingerprint density at radius 3 is 2.07 bits per heavy atom. The summed E-state index contributed by atoms with van der Waals surface area (Å²) in [5, 5.41) is 3.39. The molecule has 1 aliphatic heterocycles. The number of nitrogens with one attached hydrogen (secondary N) is 1. The summed E-state index contributed by atoms with van der Waals surface area (Å²) >= 11 is 5.93. The number of nitrogens with zero attached hydrogens (tertiary/aromatic N) is 1. The van der Waals surface area contributed by atoms with Crippen molar-refractivity contribution in [2.24, 2.45) is 10.8 Å². The first-order chi connectivity index (χ1) is 19.4. The number of ether oxygens (including phenoxy) is 1. The van der Waals surface area contributed by atoms with E-state index in [1.807, 2.05) is 18.2 Å². The molecule has 6 nitrogen and oxygen atoms in total. The van der Waals surface area contributed by atoms with Crippen LogP contribution < -0.4 is 10.1 Å². The van der Waals surface area contributed by atoms with Crippen LogP contribution in [0.2, 0.25) is 5.02 Å². The van der Waals surface area contributed by atoms with Gasteiger partial charge in [0.25, 0.3) is 5.91 Å². The molecule has 0 saturated heterocycles. The lowest BCUT2D eigenvalue weighted by Crippen LogP contribution is -2.44. The van der Waals surface area contributed by atoms with Gasteiger partial charge in [0, 0.05) is 58.6 Å². The molecule has 5 rings (SSSR count). The average Bonchev–Trinajstić information content (AvgIpc) is 2.88. The van der Waals surface area contributed by atoms with Crippen molar-refractivity contribution < 1.29 is 19.1 Å². The molecule has 0 fully saturated rings. The van der Waals surface area contributed by atoms with Crippen LogP contribution in [0.25, 0.3) is 0 Å². The number of amides is 1. The molecule has 0 radical (unpaired) electrons.